The zero-order valence-electron chi connectivity index (χ0n) is 14.0. The van der Waals surface area contributed by atoms with E-state index >= 15 is 0 Å². The van der Waals surface area contributed by atoms with Crippen molar-refractivity contribution in [2.24, 2.45) is 0 Å². The quantitative estimate of drug-likeness (QED) is 0.458. The number of hydrogen-bond acceptors (Lipinski definition) is 5. The Balaban J connectivity index is 1.97. The first-order valence-corrected chi connectivity index (χ1v) is 8.85. The van der Waals surface area contributed by atoms with E-state index in [4.69, 9.17) is 0 Å². The van der Waals surface area contributed by atoms with Crippen molar-refractivity contribution in [3.63, 3.8) is 0 Å². The second-order valence-electron chi connectivity index (χ2n) is 5.82. The van der Waals surface area contributed by atoms with Crippen LogP contribution in [0.1, 0.15) is 24.2 Å². The van der Waals surface area contributed by atoms with E-state index in [2.05, 4.69) is 0 Å². The smallest absolute Gasteiger partial charge is 0.269 e. The Bertz CT molecular complexity index is 895. The van der Waals surface area contributed by atoms with Gasteiger partial charge in [0, 0.05) is 35.6 Å². The van der Waals surface area contributed by atoms with Gasteiger partial charge in [-0.2, -0.15) is 0 Å². The SMILES string of the molecule is CC(=O)/C=C1\SC(c2cccc([N+](=O)[O-])c2)CC(=O)N1c1ccccc1. The van der Waals surface area contributed by atoms with Crippen LogP contribution in [0.2, 0.25) is 0 Å². The number of nitro groups is 1. The van der Waals surface area contributed by atoms with Crippen molar-refractivity contribution in [1.82, 2.24) is 0 Å². The minimum Gasteiger partial charge on any atom is -0.295 e. The van der Waals surface area contributed by atoms with Gasteiger partial charge in [-0.3, -0.25) is 24.6 Å². The summed E-state index contributed by atoms with van der Waals surface area (Å²) < 4.78 is 0. The number of ketones is 1. The Morgan fingerprint density at radius 2 is 1.96 bits per heavy atom. The number of para-hydroxylation sites is 1. The summed E-state index contributed by atoms with van der Waals surface area (Å²) in [6, 6.07) is 15.4. The summed E-state index contributed by atoms with van der Waals surface area (Å²) in [5, 5.41) is 11.3. The Labute approximate surface area is 154 Å². The predicted octanol–water partition coefficient (Wildman–Crippen LogP) is 4.24. The number of nitrogens with zero attached hydrogens (tertiary/aromatic N) is 2. The normalized spacial score (nSPS) is 18.8. The predicted molar refractivity (Wildman–Crippen MR) is 101 cm³/mol. The lowest BCUT2D eigenvalue weighted by Gasteiger charge is -2.33. The fourth-order valence-corrected chi connectivity index (χ4v) is 4.10. The van der Waals surface area contributed by atoms with Crippen molar-refractivity contribution in [3.8, 4) is 0 Å². The minimum absolute atomic E-state index is 0.0156. The van der Waals surface area contributed by atoms with Gasteiger partial charge in [-0.15, -0.1) is 0 Å². The number of rotatable bonds is 4. The van der Waals surface area contributed by atoms with Crippen molar-refractivity contribution in [3.05, 3.63) is 81.4 Å². The lowest BCUT2D eigenvalue weighted by Crippen LogP contribution is -2.34. The van der Waals surface area contributed by atoms with Gasteiger partial charge in [0.05, 0.1) is 9.95 Å². The zero-order chi connectivity index (χ0) is 18.7. The van der Waals surface area contributed by atoms with E-state index in [0.29, 0.717) is 16.3 Å². The summed E-state index contributed by atoms with van der Waals surface area (Å²) in [5.41, 5.74) is 1.37. The first kappa shape index (κ1) is 17.9. The average molecular weight is 368 g/mol. The van der Waals surface area contributed by atoms with Crippen LogP contribution in [0.15, 0.2) is 65.7 Å². The summed E-state index contributed by atoms with van der Waals surface area (Å²) in [4.78, 5) is 36.6. The summed E-state index contributed by atoms with van der Waals surface area (Å²) >= 11 is 1.36. The zero-order valence-corrected chi connectivity index (χ0v) is 14.8. The summed E-state index contributed by atoms with van der Waals surface area (Å²) in [6.07, 6.45) is 1.62. The highest BCUT2D eigenvalue weighted by atomic mass is 32.2. The maximum absolute atomic E-state index is 12.8. The van der Waals surface area contributed by atoms with Gasteiger partial charge in [0.15, 0.2) is 5.78 Å². The van der Waals surface area contributed by atoms with E-state index in [-0.39, 0.29) is 29.0 Å². The minimum atomic E-state index is -0.457. The highest BCUT2D eigenvalue weighted by Gasteiger charge is 2.33. The van der Waals surface area contributed by atoms with Crippen LogP contribution >= 0.6 is 11.8 Å². The Morgan fingerprint density at radius 3 is 2.62 bits per heavy atom. The molecule has 1 saturated heterocycles. The fraction of sp³-hybridized carbons (Fsp3) is 0.158. The molecule has 1 aliphatic rings. The second-order valence-corrected chi connectivity index (χ2v) is 7.04. The number of anilines is 1. The van der Waals surface area contributed by atoms with Gasteiger partial charge < -0.3 is 0 Å². The maximum atomic E-state index is 12.8. The van der Waals surface area contributed by atoms with E-state index in [0.717, 1.165) is 0 Å². The fourth-order valence-electron chi connectivity index (χ4n) is 2.76. The van der Waals surface area contributed by atoms with Crippen LogP contribution in [0.5, 0.6) is 0 Å². The van der Waals surface area contributed by atoms with Crippen molar-refractivity contribution in [2.75, 3.05) is 4.90 Å². The molecule has 1 unspecified atom stereocenters. The van der Waals surface area contributed by atoms with E-state index in [1.54, 1.807) is 24.3 Å². The van der Waals surface area contributed by atoms with Gasteiger partial charge >= 0.3 is 0 Å². The van der Waals surface area contributed by atoms with Crippen LogP contribution < -0.4 is 4.90 Å². The monoisotopic (exact) mass is 368 g/mol. The van der Waals surface area contributed by atoms with Crippen molar-refractivity contribution in [2.45, 2.75) is 18.6 Å². The average Bonchev–Trinajstić information content (AvgIpc) is 2.61. The molecule has 0 spiro atoms. The summed E-state index contributed by atoms with van der Waals surface area (Å²) in [6.45, 7) is 1.43. The second kappa shape index (κ2) is 7.53. The molecule has 0 aromatic heterocycles. The number of allylic oxidation sites excluding steroid dienone is 1. The van der Waals surface area contributed by atoms with Crippen LogP contribution in [0.25, 0.3) is 0 Å². The highest BCUT2D eigenvalue weighted by Crippen LogP contribution is 2.45. The lowest BCUT2D eigenvalue weighted by molar-refractivity contribution is -0.384. The molecule has 0 aliphatic carbocycles. The third-order valence-electron chi connectivity index (χ3n) is 3.89. The van der Waals surface area contributed by atoms with E-state index in [1.165, 1.54) is 41.8 Å². The van der Waals surface area contributed by atoms with Gasteiger partial charge in [0.25, 0.3) is 5.69 Å². The maximum Gasteiger partial charge on any atom is 0.269 e. The standard InChI is InChI=1S/C19H16N2O4S/c1-13(22)10-19-20(15-7-3-2-4-8-15)18(23)12-17(26-19)14-6-5-9-16(11-14)21(24)25/h2-11,17H,12H2,1H3/b19-10-. The number of amides is 1. The van der Waals surface area contributed by atoms with E-state index < -0.39 is 4.92 Å². The van der Waals surface area contributed by atoms with Crippen LogP contribution in [-0.2, 0) is 9.59 Å². The van der Waals surface area contributed by atoms with Gasteiger partial charge in [-0.05, 0) is 24.6 Å². The topological polar surface area (TPSA) is 80.5 Å². The summed E-state index contributed by atoms with van der Waals surface area (Å²) in [5.74, 6) is -0.320. The lowest BCUT2D eigenvalue weighted by atomic mass is 10.1. The van der Waals surface area contributed by atoms with Crippen molar-refractivity contribution < 1.29 is 14.5 Å². The van der Waals surface area contributed by atoms with E-state index in [1.807, 2.05) is 18.2 Å². The van der Waals surface area contributed by atoms with Gasteiger partial charge in [-0.25, -0.2) is 0 Å². The molecule has 0 radical (unpaired) electrons. The van der Waals surface area contributed by atoms with Crippen LogP contribution in [0, 0.1) is 10.1 Å². The summed E-state index contributed by atoms with van der Waals surface area (Å²) in [7, 11) is 0. The third-order valence-corrected chi connectivity index (χ3v) is 5.15. The number of carbonyl (C=O) groups is 2. The molecule has 1 atom stereocenters. The van der Waals surface area contributed by atoms with Gasteiger partial charge in [0.1, 0.15) is 0 Å². The van der Waals surface area contributed by atoms with Crippen molar-refractivity contribution in [1.29, 1.82) is 0 Å². The van der Waals surface area contributed by atoms with Crippen LogP contribution in [0.3, 0.4) is 0 Å². The molecular formula is C19H16N2O4S. The molecular weight excluding hydrogens is 352 g/mol. The molecule has 2 aromatic carbocycles. The Morgan fingerprint density at radius 1 is 1.23 bits per heavy atom. The number of non-ortho nitro benzene ring substituents is 1. The molecule has 0 N–H and O–H groups in total. The number of nitro benzene ring substituents is 1. The molecule has 1 aliphatic heterocycles. The molecule has 0 saturated carbocycles. The Kier molecular flexibility index (Phi) is 5.18. The van der Waals surface area contributed by atoms with Crippen LogP contribution in [-0.4, -0.2) is 16.6 Å². The molecule has 7 heteroatoms. The number of benzene rings is 2. The molecule has 6 nitrogen and oxygen atoms in total. The first-order chi connectivity index (χ1) is 12.5. The van der Waals surface area contributed by atoms with Gasteiger partial charge in [-0.1, -0.05) is 42.1 Å². The number of carbonyl (C=O) groups excluding carboxylic acids is 2. The molecule has 1 heterocycles. The van der Waals surface area contributed by atoms with Gasteiger partial charge in [0.2, 0.25) is 5.91 Å². The Hall–Kier alpha value is -2.93. The number of hydrogen-bond donors (Lipinski definition) is 0. The highest BCUT2D eigenvalue weighted by molar-refractivity contribution is 8.03. The van der Waals surface area contributed by atoms with E-state index in [9.17, 15) is 19.7 Å². The van der Waals surface area contributed by atoms with Crippen LogP contribution in [0.4, 0.5) is 11.4 Å². The van der Waals surface area contributed by atoms with Crippen molar-refractivity contribution >= 4 is 34.8 Å². The molecule has 1 fully saturated rings. The molecule has 3 rings (SSSR count). The molecule has 132 valence electrons. The largest absolute Gasteiger partial charge is 0.295 e. The molecule has 2 aromatic rings. The number of thioether (sulfide) groups is 1. The first-order valence-electron chi connectivity index (χ1n) is 7.97. The molecule has 1 amide bonds. The molecule has 26 heavy (non-hydrogen) atoms. The third kappa shape index (κ3) is 3.83. The molecule has 0 bridgehead atoms.